The summed E-state index contributed by atoms with van der Waals surface area (Å²) < 4.78 is 8.85. The van der Waals surface area contributed by atoms with E-state index in [0.717, 1.165) is 46.9 Å². The molecule has 3 aromatic heterocycles. The number of aromatic nitrogens is 8. The van der Waals surface area contributed by atoms with E-state index in [1.165, 1.54) is 0 Å². The van der Waals surface area contributed by atoms with Gasteiger partial charge in [-0.3, -0.25) is 4.68 Å². The van der Waals surface area contributed by atoms with Gasteiger partial charge in [-0.2, -0.15) is 10.1 Å². The summed E-state index contributed by atoms with van der Waals surface area (Å²) in [6.07, 6.45) is 5.21. The van der Waals surface area contributed by atoms with Crippen molar-refractivity contribution >= 4 is 28.5 Å². The van der Waals surface area contributed by atoms with Gasteiger partial charge in [0, 0.05) is 43.0 Å². The average molecular weight is 454 g/mol. The van der Waals surface area contributed by atoms with E-state index in [4.69, 9.17) is 4.74 Å². The van der Waals surface area contributed by atoms with Crippen molar-refractivity contribution in [3.8, 4) is 17.1 Å². The van der Waals surface area contributed by atoms with Crippen molar-refractivity contribution in [3.05, 3.63) is 61.3 Å². The minimum absolute atomic E-state index is 0.515. The van der Waals surface area contributed by atoms with Crippen molar-refractivity contribution in [1.82, 2.24) is 39.5 Å². The Kier molecular flexibility index (Phi) is 5.07. The van der Waals surface area contributed by atoms with Gasteiger partial charge in [0.2, 0.25) is 11.9 Å². The molecule has 5 aromatic rings. The Morgan fingerprint density at radius 3 is 2.56 bits per heavy atom. The number of rotatable bonds is 5. The molecule has 11 nitrogen and oxygen atoms in total. The van der Waals surface area contributed by atoms with Crippen LogP contribution in [0.4, 0.5) is 17.6 Å². The highest BCUT2D eigenvalue weighted by Crippen LogP contribution is 2.23. The fourth-order valence-corrected chi connectivity index (χ4v) is 3.81. The van der Waals surface area contributed by atoms with Crippen LogP contribution in [-0.2, 0) is 11.8 Å². The first-order valence-corrected chi connectivity index (χ1v) is 11.0. The van der Waals surface area contributed by atoms with Crippen LogP contribution in [0.25, 0.3) is 28.0 Å². The first kappa shape index (κ1) is 20.2. The number of hydrogen-bond donors (Lipinski definition) is 1. The zero-order chi connectivity index (χ0) is 22.9. The second-order valence-corrected chi connectivity index (χ2v) is 7.97. The molecule has 1 N–H and O–H groups in total. The molecule has 1 fully saturated rings. The van der Waals surface area contributed by atoms with Gasteiger partial charge in [-0.1, -0.05) is 12.1 Å². The number of nitrogens with one attached hydrogen (secondary N) is 1. The number of morpholine rings is 1. The highest BCUT2D eigenvalue weighted by molar-refractivity contribution is 5.83. The molecular formula is C23H22N10O. The van der Waals surface area contributed by atoms with Crippen LogP contribution in [-0.4, -0.2) is 65.8 Å². The first-order valence-electron chi connectivity index (χ1n) is 11.0. The third-order valence-electron chi connectivity index (χ3n) is 5.60. The predicted octanol–water partition coefficient (Wildman–Crippen LogP) is 2.59. The Balaban J connectivity index is 1.19. The van der Waals surface area contributed by atoms with Gasteiger partial charge in [-0.15, -0.1) is 5.10 Å². The van der Waals surface area contributed by atoms with Crippen molar-refractivity contribution in [3.63, 3.8) is 0 Å². The van der Waals surface area contributed by atoms with Crippen molar-refractivity contribution in [2.24, 2.45) is 7.05 Å². The molecule has 0 amide bonds. The summed E-state index contributed by atoms with van der Waals surface area (Å²) in [5.41, 5.74) is 3.52. The Bertz CT molecular complexity index is 1440. The summed E-state index contributed by atoms with van der Waals surface area (Å²) in [4.78, 5) is 20.0. The molecule has 1 aliphatic heterocycles. The Hall–Kier alpha value is -4.38. The van der Waals surface area contributed by atoms with E-state index >= 15 is 0 Å². The lowest BCUT2D eigenvalue weighted by Gasteiger charge is -2.25. The fraction of sp³-hybridized carbons (Fsp3) is 0.217. The Labute approximate surface area is 195 Å². The number of nitrogens with zero attached hydrogens (tertiary/aromatic N) is 9. The standard InChI is InChI=1S/C23H22N10O/c1-31-14-25-21(29-31)16-2-3-17-13-24-22(28-20(17)12-16)27-18-4-6-19(7-5-18)33-15-26-23(30-33)32-8-10-34-11-9-32/h2-7,12-15H,8-11H2,1H3,(H,24,27,28). The first-order chi connectivity index (χ1) is 16.7. The number of benzene rings is 2. The smallest absolute Gasteiger partial charge is 0.245 e. The highest BCUT2D eigenvalue weighted by Gasteiger charge is 2.15. The third-order valence-corrected chi connectivity index (χ3v) is 5.60. The van der Waals surface area contributed by atoms with Crippen LogP contribution in [0.2, 0.25) is 0 Å². The van der Waals surface area contributed by atoms with E-state index in [0.29, 0.717) is 25.0 Å². The van der Waals surface area contributed by atoms with Crippen LogP contribution in [0.15, 0.2) is 61.3 Å². The van der Waals surface area contributed by atoms with Crippen LogP contribution < -0.4 is 10.2 Å². The molecule has 4 heterocycles. The SMILES string of the molecule is Cn1cnc(-c2ccc3cnc(Nc4ccc(-n5cnc(N6CCOCC6)n5)cc4)nc3c2)n1. The van der Waals surface area contributed by atoms with Crippen LogP contribution in [0.3, 0.4) is 0 Å². The molecule has 0 bridgehead atoms. The van der Waals surface area contributed by atoms with Crippen LogP contribution in [0.1, 0.15) is 0 Å². The summed E-state index contributed by atoms with van der Waals surface area (Å²) in [5.74, 6) is 1.90. The molecule has 0 atom stereocenters. The molecule has 170 valence electrons. The maximum absolute atomic E-state index is 5.40. The van der Waals surface area contributed by atoms with Crippen molar-refractivity contribution in [2.45, 2.75) is 0 Å². The zero-order valence-corrected chi connectivity index (χ0v) is 18.5. The summed E-state index contributed by atoms with van der Waals surface area (Å²) in [5, 5.41) is 13.2. The number of ether oxygens (including phenoxy) is 1. The zero-order valence-electron chi connectivity index (χ0n) is 18.5. The van der Waals surface area contributed by atoms with Gasteiger partial charge < -0.3 is 15.0 Å². The third kappa shape index (κ3) is 4.04. The topological polar surface area (TPSA) is 112 Å². The van der Waals surface area contributed by atoms with E-state index in [1.807, 2.05) is 49.5 Å². The maximum Gasteiger partial charge on any atom is 0.245 e. The van der Waals surface area contributed by atoms with Gasteiger partial charge in [0.1, 0.15) is 12.7 Å². The Morgan fingerprint density at radius 1 is 0.912 bits per heavy atom. The molecule has 0 saturated carbocycles. The lowest BCUT2D eigenvalue weighted by molar-refractivity contribution is 0.122. The Morgan fingerprint density at radius 2 is 1.76 bits per heavy atom. The van der Waals surface area contributed by atoms with Crippen molar-refractivity contribution in [1.29, 1.82) is 0 Å². The average Bonchev–Trinajstić information content (AvgIpc) is 3.54. The van der Waals surface area contributed by atoms with Crippen molar-refractivity contribution < 1.29 is 4.74 Å². The predicted molar refractivity (Wildman–Crippen MR) is 127 cm³/mol. The molecule has 11 heteroatoms. The van der Waals surface area contributed by atoms with Gasteiger partial charge in [0.05, 0.1) is 24.4 Å². The summed E-state index contributed by atoms with van der Waals surface area (Å²) in [7, 11) is 1.85. The van der Waals surface area contributed by atoms with Crippen LogP contribution in [0, 0.1) is 0 Å². The molecular weight excluding hydrogens is 432 g/mol. The second-order valence-electron chi connectivity index (χ2n) is 7.97. The van der Waals surface area contributed by atoms with Gasteiger partial charge >= 0.3 is 0 Å². The van der Waals surface area contributed by atoms with E-state index in [-0.39, 0.29) is 0 Å². The molecule has 34 heavy (non-hydrogen) atoms. The number of aryl methyl sites for hydroxylation is 1. The summed E-state index contributed by atoms with van der Waals surface area (Å²) >= 11 is 0. The van der Waals surface area contributed by atoms with E-state index in [1.54, 1.807) is 28.2 Å². The largest absolute Gasteiger partial charge is 0.378 e. The molecule has 0 spiro atoms. The maximum atomic E-state index is 5.40. The fourth-order valence-electron chi connectivity index (χ4n) is 3.81. The van der Waals surface area contributed by atoms with Gasteiger partial charge in [0.15, 0.2) is 5.82 Å². The van der Waals surface area contributed by atoms with E-state index in [2.05, 4.69) is 40.3 Å². The molecule has 0 unspecified atom stereocenters. The molecule has 1 aliphatic rings. The van der Waals surface area contributed by atoms with E-state index < -0.39 is 0 Å². The normalized spacial score (nSPS) is 14.0. The molecule has 0 aliphatic carbocycles. The van der Waals surface area contributed by atoms with Crippen molar-refractivity contribution in [2.75, 3.05) is 36.5 Å². The minimum Gasteiger partial charge on any atom is -0.378 e. The molecule has 0 radical (unpaired) electrons. The lowest BCUT2D eigenvalue weighted by Crippen LogP contribution is -2.37. The molecule has 6 rings (SSSR count). The van der Waals surface area contributed by atoms with Gasteiger partial charge in [-0.25, -0.2) is 19.6 Å². The summed E-state index contributed by atoms with van der Waals surface area (Å²) in [6.45, 7) is 3.01. The number of anilines is 3. The summed E-state index contributed by atoms with van der Waals surface area (Å²) in [6, 6.07) is 13.8. The van der Waals surface area contributed by atoms with E-state index in [9.17, 15) is 0 Å². The second kappa shape index (κ2) is 8.52. The van der Waals surface area contributed by atoms with Crippen LogP contribution >= 0.6 is 0 Å². The number of hydrogen-bond acceptors (Lipinski definition) is 9. The monoisotopic (exact) mass is 454 g/mol. The molecule has 1 saturated heterocycles. The lowest BCUT2D eigenvalue weighted by atomic mass is 10.1. The van der Waals surface area contributed by atoms with Crippen LogP contribution in [0.5, 0.6) is 0 Å². The minimum atomic E-state index is 0.515. The van der Waals surface area contributed by atoms with Gasteiger partial charge in [-0.05, 0) is 30.3 Å². The molecule has 2 aromatic carbocycles. The quantitative estimate of drug-likeness (QED) is 0.428. The highest BCUT2D eigenvalue weighted by atomic mass is 16.5. The van der Waals surface area contributed by atoms with Gasteiger partial charge in [0.25, 0.3) is 0 Å². The number of fused-ring (bicyclic) bond motifs is 1.